The summed E-state index contributed by atoms with van der Waals surface area (Å²) >= 11 is 1.55. The van der Waals surface area contributed by atoms with Gasteiger partial charge in [0.2, 0.25) is 0 Å². The van der Waals surface area contributed by atoms with E-state index < -0.39 is 0 Å². The molecule has 0 spiro atoms. The van der Waals surface area contributed by atoms with Gasteiger partial charge in [-0.2, -0.15) is 0 Å². The van der Waals surface area contributed by atoms with Gasteiger partial charge >= 0.3 is 0 Å². The summed E-state index contributed by atoms with van der Waals surface area (Å²) in [7, 11) is 1.69. The van der Waals surface area contributed by atoms with Crippen molar-refractivity contribution in [1.82, 2.24) is 15.3 Å². The Kier molecular flexibility index (Phi) is 5.51. The van der Waals surface area contributed by atoms with E-state index in [1.54, 1.807) is 18.9 Å². The Labute approximate surface area is 88.5 Å². The second-order valence-corrected chi connectivity index (χ2v) is 3.52. The molecule has 1 aromatic rings. The van der Waals surface area contributed by atoms with Crippen LogP contribution in [0.15, 0.2) is 17.6 Å². The van der Waals surface area contributed by atoms with E-state index in [4.69, 9.17) is 4.74 Å². The number of nitrogens with one attached hydrogen (secondary N) is 1. The summed E-state index contributed by atoms with van der Waals surface area (Å²) in [6.45, 7) is 2.36. The fourth-order valence-electron chi connectivity index (χ4n) is 0.947. The first-order valence-corrected chi connectivity index (χ1v) is 5.64. The third-order valence-electron chi connectivity index (χ3n) is 1.68. The van der Waals surface area contributed by atoms with Gasteiger partial charge in [0.1, 0.15) is 0 Å². The van der Waals surface area contributed by atoms with E-state index in [0.29, 0.717) is 0 Å². The summed E-state index contributed by atoms with van der Waals surface area (Å²) < 4.78 is 4.92. The van der Waals surface area contributed by atoms with Crippen molar-refractivity contribution in [3.8, 4) is 0 Å². The first kappa shape index (κ1) is 11.4. The molecule has 78 valence electrons. The number of aromatic nitrogens is 2. The minimum Gasteiger partial charge on any atom is -0.383 e. The zero-order chi connectivity index (χ0) is 10.2. The second kappa shape index (κ2) is 6.75. The van der Waals surface area contributed by atoms with Crippen molar-refractivity contribution < 1.29 is 4.74 Å². The van der Waals surface area contributed by atoms with E-state index in [0.717, 1.165) is 30.4 Å². The Hall–Kier alpha value is -0.650. The van der Waals surface area contributed by atoms with Crippen molar-refractivity contribution in [2.45, 2.75) is 11.7 Å². The van der Waals surface area contributed by atoms with Crippen LogP contribution in [-0.4, -0.2) is 36.5 Å². The van der Waals surface area contributed by atoms with Gasteiger partial charge in [-0.3, -0.25) is 0 Å². The number of ether oxygens (including phenoxy) is 1. The highest BCUT2D eigenvalue weighted by molar-refractivity contribution is 7.98. The van der Waals surface area contributed by atoms with Gasteiger partial charge in [-0.1, -0.05) is 11.8 Å². The van der Waals surface area contributed by atoms with E-state index in [9.17, 15) is 0 Å². The quantitative estimate of drug-likeness (QED) is 0.433. The Balaban J connectivity index is 2.29. The molecule has 0 atom stereocenters. The van der Waals surface area contributed by atoms with Crippen LogP contribution in [0.3, 0.4) is 0 Å². The Morgan fingerprint density at radius 1 is 1.43 bits per heavy atom. The number of nitrogens with zero attached hydrogens (tertiary/aromatic N) is 2. The largest absolute Gasteiger partial charge is 0.383 e. The smallest absolute Gasteiger partial charge is 0.187 e. The molecule has 0 unspecified atom stereocenters. The zero-order valence-electron chi connectivity index (χ0n) is 8.49. The molecule has 0 amide bonds. The van der Waals surface area contributed by atoms with E-state index >= 15 is 0 Å². The van der Waals surface area contributed by atoms with E-state index in [2.05, 4.69) is 15.3 Å². The minimum absolute atomic E-state index is 0.726. The lowest BCUT2D eigenvalue weighted by molar-refractivity contribution is 0.199. The van der Waals surface area contributed by atoms with Crippen LogP contribution in [0.4, 0.5) is 0 Å². The van der Waals surface area contributed by atoms with E-state index in [1.165, 1.54) is 0 Å². The Morgan fingerprint density at radius 2 is 2.14 bits per heavy atom. The van der Waals surface area contributed by atoms with Crippen molar-refractivity contribution in [2.24, 2.45) is 0 Å². The molecular formula is C9H15N3OS. The maximum Gasteiger partial charge on any atom is 0.187 e. The molecule has 0 radical (unpaired) electrons. The van der Waals surface area contributed by atoms with Gasteiger partial charge in [0.25, 0.3) is 0 Å². The van der Waals surface area contributed by atoms with Crippen molar-refractivity contribution in [3.05, 3.63) is 18.0 Å². The van der Waals surface area contributed by atoms with Crippen LogP contribution in [0.25, 0.3) is 0 Å². The third kappa shape index (κ3) is 4.04. The van der Waals surface area contributed by atoms with E-state index in [1.807, 2.05) is 18.6 Å². The summed E-state index contributed by atoms with van der Waals surface area (Å²) in [5.41, 5.74) is 1.10. The third-order valence-corrected chi connectivity index (χ3v) is 2.25. The van der Waals surface area contributed by atoms with Gasteiger partial charge in [0.05, 0.1) is 6.61 Å². The van der Waals surface area contributed by atoms with Crippen LogP contribution in [0.2, 0.25) is 0 Å². The molecule has 0 aliphatic rings. The topological polar surface area (TPSA) is 47.0 Å². The predicted molar refractivity (Wildman–Crippen MR) is 57.4 cm³/mol. The normalized spacial score (nSPS) is 10.4. The molecule has 14 heavy (non-hydrogen) atoms. The molecular weight excluding hydrogens is 198 g/mol. The number of hydrogen-bond acceptors (Lipinski definition) is 5. The van der Waals surface area contributed by atoms with E-state index in [-0.39, 0.29) is 0 Å². The van der Waals surface area contributed by atoms with Gasteiger partial charge in [-0.05, 0) is 6.26 Å². The first-order chi connectivity index (χ1) is 6.86. The molecule has 0 saturated carbocycles. The lowest BCUT2D eigenvalue weighted by atomic mass is 10.3. The molecule has 0 bridgehead atoms. The predicted octanol–water partition coefficient (Wildman–Crippen LogP) is 0.934. The summed E-state index contributed by atoms with van der Waals surface area (Å²) in [5.74, 6) is 0. The zero-order valence-corrected chi connectivity index (χ0v) is 9.30. The van der Waals surface area contributed by atoms with Crippen molar-refractivity contribution in [2.75, 3.05) is 26.5 Å². The van der Waals surface area contributed by atoms with Gasteiger partial charge in [-0.25, -0.2) is 9.97 Å². The molecule has 5 heteroatoms. The molecule has 0 aromatic carbocycles. The SMILES string of the molecule is COCCNCc1cnc(SC)nc1. The molecule has 0 aliphatic heterocycles. The van der Waals surface area contributed by atoms with Crippen LogP contribution in [0.1, 0.15) is 5.56 Å². The van der Waals surface area contributed by atoms with Crippen molar-refractivity contribution >= 4 is 11.8 Å². The van der Waals surface area contributed by atoms with Crippen molar-refractivity contribution in [3.63, 3.8) is 0 Å². The summed E-state index contributed by atoms with van der Waals surface area (Å²) in [4.78, 5) is 8.35. The summed E-state index contributed by atoms with van der Waals surface area (Å²) in [6.07, 6.45) is 5.66. The average molecular weight is 213 g/mol. The highest BCUT2D eigenvalue weighted by atomic mass is 32.2. The Morgan fingerprint density at radius 3 is 2.71 bits per heavy atom. The molecule has 4 nitrogen and oxygen atoms in total. The standard InChI is InChI=1S/C9H15N3OS/c1-13-4-3-10-5-8-6-11-9(14-2)12-7-8/h6-7,10H,3-5H2,1-2H3. The average Bonchev–Trinajstić information content (AvgIpc) is 2.25. The van der Waals surface area contributed by atoms with Crippen LogP contribution < -0.4 is 5.32 Å². The molecule has 1 N–H and O–H groups in total. The lowest BCUT2D eigenvalue weighted by Gasteiger charge is -2.03. The number of hydrogen-bond donors (Lipinski definition) is 1. The number of thioether (sulfide) groups is 1. The fourth-order valence-corrected chi connectivity index (χ4v) is 1.26. The van der Waals surface area contributed by atoms with Crippen LogP contribution in [-0.2, 0) is 11.3 Å². The first-order valence-electron chi connectivity index (χ1n) is 4.41. The monoisotopic (exact) mass is 213 g/mol. The fraction of sp³-hybridized carbons (Fsp3) is 0.556. The minimum atomic E-state index is 0.726. The molecule has 1 rings (SSSR count). The van der Waals surface area contributed by atoms with Crippen LogP contribution in [0, 0.1) is 0 Å². The summed E-state index contributed by atoms with van der Waals surface area (Å²) in [5, 5.41) is 4.04. The molecule has 0 aliphatic carbocycles. The second-order valence-electron chi connectivity index (χ2n) is 2.75. The lowest BCUT2D eigenvalue weighted by Crippen LogP contribution is -2.18. The summed E-state index contributed by atoms with van der Waals surface area (Å²) in [6, 6.07) is 0. The van der Waals surface area contributed by atoms with Gasteiger partial charge in [0.15, 0.2) is 5.16 Å². The number of methoxy groups -OCH3 is 1. The van der Waals surface area contributed by atoms with Gasteiger partial charge in [0, 0.05) is 38.2 Å². The van der Waals surface area contributed by atoms with Gasteiger partial charge < -0.3 is 10.1 Å². The maximum absolute atomic E-state index is 4.92. The Bertz CT molecular complexity index is 253. The molecule has 0 fully saturated rings. The highest BCUT2D eigenvalue weighted by Crippen LogP contribution is 2.06. The van der Waals surface area contributed by atoms with Crippen LogP contribution in [0.5, 0.6) is 0 Å². The number of rotatable bonds is 6. The molecule has 1 aromatic heterocycles. The van der Waals surface area contributed by atoms with Gasteiger partial charge in [-0.15, -0.1) is 0 Å². The van der Waals surface area contributed by atoms with Crippen molar-refractivity contribution in [1.29, 1.82) is 0 Å². The highest BCUT2D eigenvalue weighted by Gasteiger charge is 1.95. The maximum atomic E-state index is 4.92. The molecule has 1 heterocycles. The molecule has 0 saturated heterocycles. The van der Waals surface area contributed by atoms with Crippen LogP contribution >= 0.6 is 11.8 Å².